The fourth-order valence-electron chi connectivity index (χ4n) is 1.82. The second kappa shape index (κ2) is 5.87. The Hall–Kier alpha value is -3.15. The van der Waals surface area contributed by atoms with Crippen LogP contribution in [0.25, 0.3) is 0 Å². The van der Waals surface area contributed by atoms with E-state index in [2.05, 4.69) is 25.6 Å². The van der Waals surface area contributed by atoms with Crippen molar-refractivity contribution in [2.24, 2.45) is 0 Å². The van der Waals surface area contributed by atoms with Crippen LogP contribution in [0, 0.1) is 0 Å². The lowest BCUT2D eigenvalue weighted by Crippen LogP contribution is -2.05. The largest absolute Gasteiger partial charge is 0.393 e. The number of rotatable bonds is 4. The molecule has 0 saturated heterocycles. The van der Waals surface area contributed by atoms with E-state index in [-0.39, 0.29) is 0 Å². The monoisotopic (exact) mass is 278 g/mol. The Morgan fingerprint density at radius 1 is 0.762 bits per heavy atom. The number of para-hydroxylation sites is 1. The normalized spacial score (nSPS) is 10.1. The molecule has 0 radical (unpaired) electrons. The number of nitrogen functional groups attached to an aromatic ring is 1. The summed E-state index contributed by atoms with van der Waals surface area (Å²) in [4.78, 5) is 12.3. The summed E-state index contributed by atoms with van der Waals surface area (Å²) in [6.07, 6.45) is 4.86. The number of hydrogen-bond donors (Lipinski definition) is 3. The van der Waals surface area contributed by atoms with Crippen LogP contribution in [-0.2, 0) is 0 Å². The number of benzene rings is 1. The molecule has 21 heavy (non-hydrogen) atoms. The molecule has 3 aromatic rings. The number of pyridine rings is 1. The minimum absolute atomic E-state index is 0.457. The summed E-state index contributed by atoms with van der Waals surface area (Å²) in [5, 5.41) is 6.31. The van der Waals surface area contributed by atoms with Crippen molar-refractivity contribution in [2.75, 3.05) is 16.4 Å². The molecule has 0 bridgehead atoms. The number of anilines is 5. The molecule has 1 aromatic carbocycles. The minimum Gasteiger partial charge on any atom is -0.393 e. The van der Waals surface area contributed by atoms with Crippen molar-refractivity contribution in [1.82, 2.24) is 15.0 Å². The number of nitrogens with two attached hydrogens (primary N) is 1. The maximum absolute atomic E-state index is 6.11. The Balaban J connectivity index is 1.85. The van der Waals surface area contributed by atoms with E-state index >= 15 is 0 Å². The van der Waals surface area contributed by atoms with Crippen molar-refractivity contribution < 1.29 is 0 Å². The Morgan fingerprint density at radius 3 is 1.95 bits per heavy atom. The quantitative estimate of drug-likeness (QED) is 0.680. The number of hydrogen-bond acceptors (Lipinski definition) is 6. The molecule has 0 spiro atoms. The van der Waals surface area contributed by atoms with E-state index < -0.39 is 0 Å². The van der Waals surface area contributed by atoms with Gasteiger partial charge in [0.05, 0.1) is 0 Å². The van der Waals surface area contributed by atoms with E-state index in [1.54, 1.807) is 12.4 Å². The molecule has 4 N–H and O–H groups in total. The van der Waals surface area contributed by atoms with Gasteiger partial charge in [-0.3, -0.25) is 4.98 Å². The molecule has 104 valence electrons. The van der Waals surface area contributed by atoms with Crippen LogP contribution in [-0.4, -0.2) is 15.0 Å². The predicted octanol–water partition coefficient (Wildman–Crippen LogP) is 2.94. The van der Waals surface area contributed by atoms with Gasteiger partial charge in [-0.15, -0.1) is 0 Å². The van der Waals surface area contributed by atoms with E-state index in [4.69, 9.17) is 5.73 Å². The first-order chi connectivity index (χ1) is 10.3. The van der Waals surface area contributed by atoms with E-state index in [1.807, 2.05) is 42.5 Å². The third-order valence-electron chi connectivity index (χ3n) is 2.86. The maximum Gasteiger partial charge on any atom is 0.159 e. The molecule has 3 rings (SSSR count). The fraction of sp³-hybridized carbons (Fsp3) is 0. The van der Waals surface area contributed by atoms with Crippen molar-refractivity contribution in [3.8, 4) is 0 Å². The summed E-state index contributed by atoms with van der Waals surface area (Å²) in [6.45, 7) is 0. The highest BCUT2D eigenvalue weighted by Crippen LogP contribution is 2.27. The van der Waals surface area contributed by atoms with Crippen LogP contribution < -0.4 is 16.4 Å². The van der Waals surface area contributed by atoms with Gasteiger partial charge in [-0.2, -0.15) is 0 Å². The predicted molar refractivity (Wildman–Crippen MR) is 83.7 cm³/mol. The van der Waals surface area contributed by atoms with Gasteiger partial charge in [-0.05, 0) is 24.3 Å². The maximum atomic E-state index is 6.11. The van der Waals surface area contributed by atoms with E-state index in [0.29, 0.717) is 17.3 Å². The minimum atomic E-state index is 0.457. The lowest BCUT2D eigenvalue weighted by atomic mass is 10.3. The summed E-state index contributed by atoms with van der Waals surface area (Å²) >= 11 is 0. The van der Waals surface area contributed by atoms with Crippen LogP contribution in [0.15, 0.2) is 61.2 Å². The molecule has 0 unspecified atom stereocenters. The van der Waals surface area contributed by atoms with E-state index in [9.17, 15) is 0 Å². The SMILES string of the molecule is Nc1c(Nc2ccccc2)ncnc1Nc1ccncc1. The van der Waals surface area contributed by atoms with Crippen molar-refractivity contribution in [2.45, 2.75) is 0 Å². The molecule has 6 heteroatoms. The first kappa shape index (κ1) is 12.9. The summed E-state index contributed by atoms with van der Waals surface area (Å²) in [5.41, 5.74) is 8.35. The van der Waals surface area contributed by atoms with Crippen LogP contribution in [0.3, 0.4) is 0 Å². The van der Waals surface area contributed by atoms with Crippen LogP contribution in [0.2, 0.25) is 0 Å². The third kappa shape index (κ3) is 3.06. The highest BCUT2D eigenvalue weighted by atomic mass is 15.1. The molecular formula is C15H14N6. The van der Waals surface area contributed by atoms with Gasteiger partial charge >= 0.3 is 0 Å². The Kier molecular flexibility index (Phi) is 3.60. The topological polar surface area (TPSA) is 88.8 Å². The van der Waals surface area contributed by atoms with E-state index in [0.717, 1.165) is 11.4 Å². The zero-order valence-electron chi connectivity index (χ0n) is 11.2. The average molecular weight is 278 g/mol. The number of nitrogens with one attached hydrogen (secondary N) is 2. The second-order valence-electron chi connectivity index (χ2n) is 4.34. The molecule has 0 atom stereocenters. The summed E-state index contributed by atoms with van der Waals surface area (Å²) in [6, 6.07) is 13.4. The van der Waals surface area contributed by atoms with Gasteiger partial charge in [0.15, 0.2) is 11.6 Å². The Bertz CT molecular complexity index is 655. The first-order valence-corrected chi connectivity index (χ1v) is 6.42. The van der Waals surface area contributed by atoms with Crippen LogP contribution >= 0.6 is 0 Å². The summed E-state index contributed by atoms with van der Waals surface area (Å²) < 4.78 is 0. The van der Waals surface area contributed by atoms with E-state index in [1.165, 1.54) is 6.33 Å². The molecule has 2 aromatic heterocycles. The summed E-state index contributed by atoms with van der Waals surface area (Å²) in [7, 11) is 0. The molecule has 0 amide bonds. The molecular weight excluding hydrogens is 264 g/mol. The first-order valence-electron chi connectivity index (χ1n) is 6.42. The lowest BCUT2D eigenvalue weighted by Gasteiger charge is -2.12. The van der Waals surface area contributed by atoms with Gasteiger partial charge in [0.25, 0.3) is 0 Å². The molecule has 0 aliphatic rings. The average Bonchev–Trinajstić information content (AvgIpc) is 2.53. The van der Waals surface area contributed by atoms with Gasteiger partial charge in [0.2, 0.25) is 0 Å². The molecule has 0 fully saturated rings. The lowest BCUT2D eigenvalue weighted by molar-refractivity contribution is 1.17. The van der Waals surface area contributed by atoms with Crippen molar-refractivity contribution >= 4 is 28.7 Å². The molecule has 6 nitrogen and oxygen atoms in total. The van der Waals surface area contributed by atoms with Gasteiger partial charge in [-0.25, -0.2) is 9.97 Å². The van der Waals surface area contributed by atoms with Gasteiger partial charge < -0.3 is 16.4 Å². The Labute approximate surface area is 122 Å². The standard InChI is InChI=1S/C15H14N6/c16-13-14(20-11-4-2-1-3-5-11)18-10-19-15(13)21-12-6-8-17-9-7-12/h1-10H,16H2,(H2,17,18,19,20,21). The van der Waals surface area contributed by atoms with Gasteiger partial charge in [0.1, 0.15) is 12.0 Å². The van der Waals surface area contributed by atoms with Gasteiger partial charge in [-0.1, -0.05) is 18.2 Å². The highest BCUT2D eigenvalue weighted by Gasteiger charge is 2.08. The molecule has 0 aliphatic carbocycles. The Morgan fingerprint density at radius 2 is 1.33 bits per heavy atom. The summed E-state index contributed by atoms with van der Waals surface area (Å²) in [5.74, 6) is 1.11. The molecule has 0 aliphatic heterocycles. The molecule has 2 heterocycles. The highest BCUT2D eigenvalue weighted by molar-refractivity contribution is 5.80. The van der Waals surface area contributed by atoms with Crippen LogP contribution in [0.1, 0.15) is 0 Å². The smallest absolute Gasteiger partial charge is 0.159 e. The zero-order chi connectivity index (χ0) is 14.5. The number of nitrogens with zero attached hydrogens (tertiary/aromatic N) is 3. The fourth-order valence-corrected chi connectivity index (χ4v) is 1.82. The van der Waals surface area contributed by atoms with Crippen molar-refractivity contribution in [1.29, 1.82) is 0 Å². The third-order valence-corrected chi connectivity index (χ3v) is 2.86. The zero-order valence-corrected chi connectivity index (χ0v) is 11.2. The molecule has 0 saturated carbocycles. The van der Waals surface area contributed by atoms with Crippen LogP contribution in [0.5, 0.6) is 0 Å². The van der Waals surface area contributed by atoms with Gasteiger partial charge in [0, 0.05) is 23.8 Å². The second-order valence-corrected chi connectivity index (χ2v) is 4.34. The number of aromatic nitrogens is 3. The van der Waals surface area contributed by atoms with Crippen molar-refractivity contribution in [3.05, 3.63) is 61.2 Å². The van der Waals surface area contributed by atoms with Crippen molar-refractivity contribution in [3.63, 3.8) is 0 Å². The van der Waals surface area contributed by atoms with Crippen LogP contribution in [0.4, 0.5) is 28.7 Å².